The Morgan fingerprint density at radius 2 is 1.65 bits per heavy atom. The predicted octanol–water partition coefficient (Wildman–Crippen LogP) is 5.30. The number of nitrogens with two attached hydrogens (primary N) is 2. The summed E-state index contributed by atoms with van der Waals surface area (Å²) >= 11 is 0. The maximum absolute atomic E-state index is 6.43. The first-order chi connectivity index (χ1) is 11.2. The third kappa shape index (κ3) is 2.86. The molecule has 1 aliphatic rings. The van der Waals surface area contributed by atoms with Crippen LogP contribution >= 0.6 is 0 Å². The van der Waals surface area contributed by atoms with Crippen LogP contribution < -0.4 is 11.5 Å². The van der Waals surface area contributed by atoms with Crippen molar-refractivity contribution < 1.29 is 0 Å². The lowest BCUT2D eigenvalue weighted by atomic mass is 9.65. The molecular formula is C21H26N2. The minimum Gasteiger partial charge on any atom is -0.397 e. The van der Waals surface area contributed by atoms with Gasteiger partial charge in [-0.25, -0.2) is 0 Å². The lowest BCUT2D eigenvalue weighted by molar-refractivity contribution is 0.296. The van der Waals surface area contributed by atoms with Gasteiger partial charge in [0.25, 0.3) is 0 Å². The zero-order valence-electron chi connectivity index (χ0n) is 13.7. The van der Waals surface area contributed by atoms with Gasteiger partial charge in [0.2, 0.25) is 0 Å². The number of hydrogen-bond donors (Lipinski definition) is 2. The summed E-state index contributed by atoms with van der Waals surface area (Å²) in [5.74, 6) is 0. The summed E-state index contributed by atoms with van der Waals surface area (Å²) in [7, 11) is 0. The molecule has 0 saturated heterocycles. The first kappa shape index (κ1) is 15.7. The largest absolute Gasteiger partial charge is 0.397 e. The second-order valence-corrected chi connectivity index (χ2v) is 6.69. The van der Waals surface area contributed by atoms with Crippen LogP contribution in [0.5, 0.6) is 0 Å². The molecule has 1 fully saturated rings. The van der Waals surface area contributed by atoms with E-state index >= 15 is 0 Å². The topological polar surface area (TPSA) is 52.0 Å². The van der Waals surface area contributed by atoms with E-state index in [1.54, 1.807) is 0 Å². The summed E-state index contributed by atoms with van der Waals surface area (Å²) in [6.07, 6.45) is 9.32. The standard InChI is InChI=1S/C21H26N2/c1-2-13-21(14-7-4-8-15-21)17-11-12-18(22)20(23)19(17)16-9-5-3-6-10-16/h2-3,5-6,9-12H,1,4,7-8,13-15,22-23H2. The van der Waals surface area contributed by atoms with E-state index < -0.39 is 0 Å². The van der Waals surface area contributed by atoms with Gasteiger partial charge in [-0.2, -0.15) is 0 Å². The molecule has 0 radical (unpaired) electrons. The van der Waals surface area contributed by atoms with Gasteiger partial charge in [-0.15, -0.1) is 6.58 Å². The number of benzene rings is 2. The van der Waals surface area contributed by atoms with Crippen LogP contribution in [0, 0.1) is 0 Å². The highest BCUT2D eigenvalue weighted by molar-refractivity contribution is 5.87. The summed E-state index contributed by atoms with van der Waals surface area (Å²) < 4.78 is 0. The number of hydrogen-bond acceptors (Lipinski definition) is 2. The smallest absolute Gasteiger partial charge is 0.0630 e. The lowest BCUT2D eigenvalue weighted by Crippen LogP contribution is -2.29. The maximum atomic E-state index is 6.43. The summed E-state index contributed by atoms with van der Waals surface area (Å²) in [6, 6.07) is 14.6. The molecule has 0 atom stereocenters. The van der Waals surface area contributed by atoms with Crippen molar-refractivity contribution in [3.8, 4) is 11.1 Å². The van der Waals surface area contributed by atoms with Crippen LogP contribution in [0.2, 0.25) is 0 Å². The zero-order chi connectivity index (χ0) is 16.3. The molecular weight excluding hydrogens is 280 g/mol. The molecule has 0 amide bonds. The van der Waals surface area contributed by atoms with Gasteiger partial charge in [0, 0.05) is 5.56 Å². The van der Waals surface area contributed by atoms with Crippen LogP contribution in [0.25, 0.3) is 11.1 Å². The fourth-order valence-electron chi connectivity index (χ4n) is 4.08. The fraction of sp³-hybridized carbons (Fsp3) is 0.333. The van der Waals surface area contributed by atoms with Crippen molar-refractivity contribution in [1.82, 2.24) is 0 Å². The van der Waals surface area contributed by atoms with Gasteiger partial charge < -0.3 is 11.5 Å². The summed E-state index contributed by atoms with van der Waals surface area (Å²) in [5, 5.41) is 0. The summed E-state index contributed by atoms with van der Waals surface area (Å²) in [4.78, 5) is 0. The van der Waals surface area contributed by atoms with Gasteiger partial charge in [0.05, 0.1) is 11.4 Å². The molecule has 0 bridgehead atoms. The SMILES string of the molecule is C=CCC1(c2ccc(N)c(N)c2-c2ccccc2)CCCCC1. The van der Waals surface area contributed by atoms with E-state index in [1.165, 1.54) is 37.7 Å². The second-order valence-electron chi connectivity index (χ2n) is 6.69. The van der Waals surface area contributed by atoms with E-state index in [0.717, 1.165) is 17.5 Å². The van der Waals surface area contributed by atoms with Crippen molar-refractivity contribution in [3.05, 3.63) is 60.7 Å². The normalized spacial score (nSPS) is 16.9. The number of allylic oxidation sites excluding steroid dienone is 1. The van der Waals surface area contributed by atoms with E-state index in [-0.39, 0.29) is 5.41 Å². The molecule has 0 unspecified atom stereocenters. The minimum atomic E-state index is 0.146. The zero-order valence-corrected chi connectivity index (χ0v) is 13.7. The molecule has 0 aromatic heterocycles. The predicted molar refractivity (Wildman–Crippen MR) is 100 cm³/mol. The van der Waals surface area contributed by atoms with Gasteiger partial charge in [0.15, 0.2) is 0 Å². The molecule has 1 saturated carbocycles. The van der Waals surface area contributed by atoms with E-state index in [1.807, 2.05) is 12.1 Å². The Hall–Kier alpha value is -2.22. The highest BCUT2D eigenvalue weighted by Crippen LogP contribution is 2.48. The molecule has 2 aromatic rings. The van der Waals surface area contributed by atoms with Crippen LogP contribution in [-0.4, -0.2) is 0 Å². The number of nitrogen functional groups attached to an aromatic ring is 2. The fourth-order valence-corrected chi connectivity index (χ4v) is 4.08. The molecule has 2 heteroatoms. The van der Waals surface area contributed by atoms with Crippen molar-refractivity contribution in [2.45, 2.75) is 43.9 Å². The molecule has 4 N–H and O–H groups in total. The van der Waals surface area contributed by atoms with E-state index in [2.05, 4.69) is 43.0 Å². The first-order valence-corrected chi connectivity index (χ1v) is 8.53. The van der Waals surface area contributed by atoms with Crippen molar-refractivity contribution in [2.24, 2.45) is 0 Å². The van der Waals surface area contributed by atoms with Crippen LogP contribution in [0.4, 0.5) is 11.4 Å². The molecule has 0 aliphatic heterocycles. The third-order valence-corrected chi connectivity index (χ3v) is 5.26. The molecule has 120 valence electrons. The van der Waals surface area contributed by atoms with Crippen molar-refractivity contribution in [2.75, 3.05) is 11.5 Å². The van der Waals surface area contributed by atoms with E-state index in [0.29, 0.717) is 11.4 Å². The van der Waals surface area contributed by atoms with Crippen molar-refractivity contribution >= 4 is 11.4 Å². The maximum Gasteiger partial charge on any atom is 0.0630 e. The molecule has 2 aromatic carbocycles. The Kier molecular flexibility index (Phi) is 4.42. The number of rotatable bonds is 4. The molecule has 1 aliphatic carbocycles. The quantitative estimate of drug-likeness (QED) is 0.595. The summed E-state index contributed by atoms with van der Waals surface area (Å²) in [5.41, 5.74) is 17.7. The van der Waals surface area contributed by atoms with E-state index in [4.69, 9.17) is 11.5 Å². The van der Waals surface area contributed by atoms with Crippen molar-refractivity contribution in [1.29, 1.82) is 0 Å². The Morgan fingerprint density at radius 3 is 2.30 bits per heavy atom. The van der Waals surface area contributed by atoms with Gasteiger partial charge in [-0.3, -0.25) is 0 Å². The Bertz CT molecular complexity index is 682. The monoisotopic (exact) mass is 306 g/mol. The minimum absolute atomic E-state index is 0.146. The van der Waals surface area contributed by atoms with Crippen molar-refractivity contribution in [3.63, 3.8) is 0 Å². The van der Waals surface area contributed by atoms with Crippen LogP contribution in [0.1, 0.15) is 44.1 Å². The van der Waals surface area contributed by atoms with Gasteiger partial charge in [-0.1, -0.05) is 61.7 Å². The third-order valence-electron chi connectivity index (χ3n) is 5.26. The average molecular weight is 306 g/mol. The first-order valence-electron chi connectivity index (χ1n) is 8.53. The number of anilines is 2. The van der Waals surface area contributed by atoms with Crippen LogP contribution in [0.3, 0.4) is 0 Å². The van der Waals surface area contributed by atoms with Gasteiger partial charge in [0.1, 0.15) is 0 Å². The molecule has 3 rings (SSSR count). The highest BCUT2D eigenvalue weighted by Gasteiger charge is 2.35. The van der Waals surface area contributed by atoms with Gasteiger partial charge in [-0.05, 0) is 41.9 Å². The molecule has 23 heavy (non-hydrogen) atoms. The Balaban J connectivity index is 2.22. The summed E-state index contributed by atoms with van der Waals surface area (Å²) in [6.45, 7) is 4.01. The molecule has 0 heterocycles. The van der Waals surface area contributed by atoms with Gasteiger partial charge >= 0.3 is 0 Å². The molecule has 0 spiro atoms. The highest BCUT2D eigenvalue weighted by atomic mass is 14.7. The average Bonchev–Trinajstić information content (AvgIpc) is 2.59. The van der Waals surface area contributed by atoms with Crippen LogP contribution in [-0.2, 0) is 5.41 Å². The van der Waals surface area contributed by atoms with E-state index in [9.17, 15) is 0 Å². The second kappa shape index (κ2) is 6.49. The van der Waals surface area contributed by atoms with Crippen LogP contribution in [0.15, 0.2) is 55.1 Å². The Labute approximate surface area is 139 Å². The molecule has 2 nitrogen and oxygen atoms in total. The lowest BCUT2D eigenvalue weighted by Gasteiger charge is -2.39. The Morgan fingerprint density at radius 1 is 0.957 bits per heavy atom.